The van der Waals surface area contributed by atoms with E-state index in [1.54, 1.807) is 182 Å². The Hall–Kier alpha value is -7.06. The minimum atomic E-state index is -4.47. The Balaban J connectivity index is 1.73. The molecular formula is C50H32BF10N3P2. The van der Waals surface area contributed by atoms with Gasteiger partial charge < -0.3 is 9.84 Å². The van der Waals surface area contributed by atoms with Gasteiger partial charge >= 0.3 is 6.85 Å². The summed E-state index contributed by atoms with van der Waals surface area (Å²) in [6.07, 6.45) is 0. The average Bonchev–Trinajstić information content (AvgIpc) is 3.37. The topological polar surface area (TPSA) is 28.8 Å². The summed E-state index contributed by atoms with van der Waals surface area (Å²) in [5.74, 6) is -25.8. The number of hydrogen-bond acceptors (Lipinski definition) is 2. The Kier molecular flexibility index (Phi) is 13.2. The summed E-state index contributed by atoms with van der Waals surface area (Å²) in [4.78, 5) is 0. The second kappa shape index (κ2) is 19.2. The monoisotopic (exact) mass is 937 g/mol. The van der Waals surface area contributed by atoms with Crippen LogP contribution in [0, 0.1) is 64.2 Å². The first-order valence-corrected chi connectivity index (χ1v) is 23.6. The molecule has 0 atom stereocenters. The van der Waals surface area contributed by atoms with Crippen LogP contribution in [0.25, 0.3) is 4.76 Å². The van der Waals surface area contributed by atoms with Gasteiger partial charge in [0.1, 0.15) is 28.3 Å². The fourth-order valence-corrected chi connectivity index (χ4v) is 17.4. The zero-order valence-corrected chi connectivity index (χ0v) is 35.9. The van der Waals surface area contributed by atoms with E-state index in [1.165, 1.54) is 0 Å². The maximum Gasteiger partial charge on any atom is 0.454 e. The van der Waals surface area contributed by atoms with Crippen molar-refractivity contribution in [3.8, 4) is 6.07 Å². The third-order valence-corrected chi connectivity index (χ3v) is 19.4. The molecule has 0 aromatic heterocycles. The van der Waals surface area contributed by atoms with Crippen LogP contribution in [0.2, 0.25) is 0 Å². The SMILES string of the molecule is Fc1c(F)c(F)c([BH-]([N+]#CC(P(=Nc2ccccc2)(c2ccccc2)c2ccccc2)=P(Nc2ccccc2)(c2ccccc2)c2ccccc2)c2c(F)c(F)c(F)c(F)c2F)c(F)c1F. The molecule has 8 aromatic carbocycles. The maximum absolute atomic E-state index is 16.2. The Morgan fingerprint density at radius 2 is 0.697 bits per heavy atom. The summed E-state index contributed by atoms with van der Waals surface area (Å²) >= 11 is 0. The molecule has 0 spiro atoms. The summed E-state index contributed by atoms with van der Waals surface area (Å²) in [7, 11) is -7.74. The number of anilines is 1. The highest BCUT2D eigenvalue weighted by atomic mass is 31.2. The summed E-state index contributed by atoms with van der Waals surface area (Å²) in [5, 5.41) is 5.89. The number of rotatable bonds is 10. The second-order valence-corrected chi connectivity index (χ2v) is 21.1. The number of nitrogens with zero attached hydrogens (tertiary/aromatic N) is 2. The minimum Gasteiger partial charge on any atom is -0.358 e. The third-order valence-electron chi connectivity index (χ3n) is 10.9. The van der Waals surface area contributed by atoms with Gasteiger partial charge in [-0.1, -0.05) is 158 Å². The molecule has 0 aliphatic carbocycles. The van der Waals surface area contributed by atoms with Crippen LogP contribution >= 0.6 is 14.1 Å². The molecule has 0 unspecified atom stereocenters. The molecule has 0 aliphatic heterocycles. The van der Waals surface area contributed by atoms with Crippen LogP contribution in [0.15, 0.2) is 187 Å². The van der Waals surface area contributed by atoms with E-state index in [-0.39, 0.29) is 5.03 Å². The van der Waals surface area contributed by atoms with Crippen LogP contribution in [0.3, 0.4) is 0 Å². The molecule has 0 radical (unpaired) electrons. The number of benzene rings is 8. The van der Waals surface area contributed by atoms with Crippen molar-refractivity contribution in [1.29, 1.82) is 0 Å². The lowest BCUT2D eigenvalue weighted by Crippen LogP contribution is -2.49. The molecule has 0 heterocycles. The van der Waals surface area contributed by atoms with Gasteiger partial charge in [0.25, 0.3) is 0 Å². The number of hydrogen-bond donors (Lipinski definition) is 1. The first-order valence-electron chi connectivity index (χ1n) is 20.1. The van der Waals surface area contributed by atoms with E-state index < -0.39 is 90.0 Å². The Morgan fingerprint density at radius 1 is 0.394 bits per heavy atom. The smallest absolute Gasteiger partial charge is 0.358 e. The van der Waals surface area contributed by atoms with Crippen molar-refractivity contribution in [3.63, 3.8) is 0 Å². The van der Waals surface area contributed by atoms with Crippen molar-refractivity contribution < 1.29 is 43.9 Å². The van der Waals surface area contributed by atoms with Gasteiger partial charge in [0.05, 0.1) is 19.8 Å². The van der Waals surface area contributed by atoms with Crippen molar-refractivity contribution in [2.75, 3.05) is 5.09 Å². The highest BCUT2D eigenvalue weighted by Gasteiger charge is 2.44. The van der Waals surface area contributed by atoms with E-state index in [9.17, 15) is 8.78 Å². The van der Waals surface area contributed by atoms with E-state index in [2.05, 4.69) is 15.9 Å². The zero-order valence-electron chi connectivity index (χ0n) is 34.1. The minimum absolute atomic E-state index is 0.0581. The molecule has 0 bridgehead atoms. The Morgan fingerprint density at radius 3 is 1.06 bits per heavy atom. The first kappa shape index (κ1) is 45.5. The predicted octanol–water partition coefficient (Wildman–Crippen LogP) is 11.3. The summed E-state index contributed by atoms with van der Waals surface area (Å²) < 4.78 is 165. The van der Waals surface area contributed by atoms with Crippen LogP contribution in [0.4, 0.5) is 55.3 Å². The number of para-hydroxylation sites is 1. The van der Waals surface area contributed by atoms with Gasteiger partial charge in [0, 0.05) is 16.3 Å². The summed E-state index contributed by atoms with van der Waals surface area (Å²) in [6.45, 7) is -4.47. The molecule has 0 aliphatic rings. The van der Waals surface area contributed by atoms with E-state index in [0.717, 1.165) is 0 Å². The molecule has 3 nitrogen and oxygen atoms in total. The number of nitrogens with one attached hydrogen (secondary N) is 1. The molecule has 1 N–H and O–H groups in total. The zero-order chi connectivity index (χ0) is 46.6. The molecular weight excluding hydrogens is 905 g/mol. The van der Waals surface area contributed by atoms with E-state index in [4.69, 9.17) is 4.74 Å². The van der Waals surface area contributed by atoms with Crippen LogP contribution in [-0.4, -0.2) is 11.9 Å². The normalized spacial score (nSPS) is 11.5. The molecule has 8 aromatic rings. The van der Waals surface area contributed by atoms with Crippen molar-refractivity contribution in [3.05, 3.63) is 245 Å². The molecule has 0 amide bonds. The standard InChI is InChI=1S/C50H32BF10N3P2/c52-41-39(42(53)46(57)49(60)45(41)56)51(40-43(54)47(58)50(61)48(59)44(40)55)62-31-38(65(34-23-11-3-12-24-34,35-25-13-4-14-26-35)63-32-19-7-1-8-20-32)66(36-27-15-5-16-28-36,37-29-17-6-18-30-37)64-33-21-9-2-10-22-33/h1-30,51,63H. The predicted molar refractivity (Wildman–Crippen MR) is 248 cm³/mol. The molecule has 0 saturated heterocycles. The summed E-state index contributed by atoms with van der Waals surface area (Å²) in [5.41, 5.74) is -2.96. The maximum atomic E-state index is 16.2. The van der Waals surface area contributed by atoms with Gasteiger partial charge in [0.15, 0.2) is 34.9 Å². The van der Waals surface area contributed by atoms with Gasteiger partial charge in [-0.3, -0.25) is 4.74 Å². The van der Waals surface area contributed by atoms with Crippen LogP contribution < -0.4 is 37.2 Å². The van der Waals surface area contributed by atoms with E-state index in [0.29, 0.717) is 32.6 Å². The van der Waals surface area contributed by atoms with Crippen LogP contribution in [0.5, 0.6) is 0 Å². The largest absolute Gasteiger partial charge is 0.454 e. The fraction of sp³-hybridized carbons (Fsp3) is 0. The Bertz CT molecular complexity index is 3040. The highest BCUT2D eigenvalue weighted by Crippen LogP contribution is 2.62. The lowest BCUT2D eigenvalue weighted by molar-refractivity contribution is 0.382. The van der Waals surface area contributed by atoms with Crippen molar-refractivity contribution in [2.24, 2.45) is 4.74 Å². The Labute approximate surface area is 373 Å². The van der Waals surface area contributed by atoms with Crippen LogP contribution in [-0.2, 0) is 0 Å². The van der Waals surface area contributed by atoms with Crippen molar-refractivity contribution in [1.82, 2.24) is 0 Å². The van der Waals surface area contributed by atoms with E-state index >= 15 is 35.1 Å². The summed E-state index contributed by atoms with van der Waals surface area (Å²) in [6, 6.07) is 55.4. The quantitative estimate of drug-likeness (QED) is 0.0478. The first-order chi connectivity index (χ1) is 31.9. The molecule has 16 heteroatoms. The molecule has 330 valence electrons. The number of halogens is 10. The highest BCUT2D eigenvalue weighted by molar-refractivity contribution is 8.12. The lowest BCUT2D eigenvalue weighted by Gasteiger charge is -2.36. The van der Waals surface area contributed by atoms with Crippen LogP contribution in [0.1, 0.15) is 0 Å². The fourth-order valence-electron chi connectivity index (χ4n) is 7.83. The molecule has 66 heavy (non-hydrogen) atoms. The molecule has 8 rings (SSSR count). The lowest BCUT2D eigenvalue weighted by atomic mass is 9.50. The van der Waals surface area contributed by atoms with Gasteiger partial charge in [-0.25, -0.2) is 43.9 Å². The second-order valence-electron chi connectivity index (χ2n) is 14.7. The van der Waals surface area contributed by atoms with Gasteiger partial charge in [-0.2, -0.15) is 0 Å². The average molecular weight is 938 g/mol. The van der Waals surface area contributed by atoms with Gasteiger partial charge in [-0.05, 0) is 45.8 Å². The molecule has 0 saturated carbocycles. The van der Waals surface area contributed by atoms with Gasteiger partial charge in [0.2, 0.25) is 6.07 Å². The van der Waals surface area contributed by atoms with Crippen molar-refractivity contribution >= 4 is 69.5 Å². The van der Waals surface area contributed by atoms with Crippen molar-refractivity contribution in [2.45, 2.75) is 0 Å². The third kappa shape index (κ3) is 8.14. The van der Waals surface area contributed by atoms with Gasteiger partial charge in [-0.15, -0.1) is 0 Å². The van der Waals surface area contributed by atoms with E-state index in [1.807, 2.05) is 0 Å². The molecule has 0 fully saturated rings.